The Kier molecular flexibility index (Phi) is 25.9. The number of nitrogens with one attached hydrogen (secondary N) is 5. The van der Waals surface area contributed by atoms with Crippen molar-refractivity contribution >= 4 is 239 Å². The second kappa shape index (κ2) is 37.4. The molecule has 15 heterocycles. The minimum Gasteiger partial charge on any atom is -0.375 e. The van der Waals surface area contributed by atoms with E-state index in [0.29, 0.717) is 154 Å². The number of carbonyl (C=O) groups is 5. The maximum absolute atomic E-state index is 13.5. The van der Waals surface area contributed by atoms with Crippen molar-refractivity contribution in [1.29, 1.82) is 0 Å². The van der Waals surface area contributed by atoms with Gasteiger partial charge in [0.15, 0.2) is 33.1 Å². The lowest BCUT2D eigenvalue weighted by Crippen LogP contribution is -2.50. The molecule has 0 spiro atoms. The summed E-state index contributed by atoms with van der Waals surface area (Å²) in [6, 6.07) is 28.7. The molecule has 16 aromatic rings. The van der Waals surface area contributed by atoms with Crippen molar-refractivity contribution in [2.75, 3.05) is 99.3 Å². The number of halogens is 4. The van der Waals surface area contributed by atoms with Gasteiger partial charge >= 0.3 is 0 Å². The van der Waals surface area contributed by atoms with E-state index in [9.17, 15) is 32.4 Å². The molecule has 0 bridgehead atoms. The number of amides is 5. The Hall–Kier alpha value is -12.0. The number of ether oxygens (including phenoxy) is 1. The third kappa shape index (κ3) is 18.9. The van der Waals surface area contributed by atoms with Crippen LogP contribution in [0.2, 0.25) is 20.1 Å². The summed E-state index contributed by atoms with van der Waals surface area (Å²) < 4.78 is 29.2. The fourth-order valence-electron chi connectivity index (χ4n) is 14.4. The van der Waals surface area contributed by atoms with E-state index in [0.717, 1.165) is 40.9 Å². The molecule has 5 amide bonds. The smallest absolute Gasteiger partial charge is 0.273 e. The molecule has 33 nitrogen and oxygen atoms in total. The van der Waals surface area contributed by atoms with Crippen LogP contribution in [0.3, 0.4) is 0 Å². The zero-order chi connectivity index (χ0) is 87.5. The van der Waals surface area contributed by atoms with Gasteiger partial charge in [0.25, 0.3) is 23.6 Å². The molecule has 5 atom stereocenters. The number of aromatic nitrogens is 16. The molecule has 0 radical (unpaired) electrons. The number of pyridine rings is 4. The van der Waals surface area contributed by atoms with Crippen LogP contribution in [-0.2, 0) is 19.4 Å². The van der Waals surface area contributed by atoms with Crippen LogP contribution >= 0.6 is 91.8 Å². The van der Waals surface area contributed by atoms with Crippen LogP contribution < -0.4 is 26.6 Å². The van der Waals surface area contributed by atoms with Gasteiger partial charge in [-0.1, -0.05) is 94.9 Å². The van der Waals surface area contributed by atoms with Crippen LogP contribution in [0.15, 0.2) is 144 Å². The molecule has 5 N–H and O–H groups in total. The molecule has 42 heteroatoms. The molecule has 3 saturated heterocycles. The Morgan fingerprint density at radius 3 is 1.12 bits per heavy atom. The first-order valence-corrected chi connectivity index (χ1v) is 45.9. The average molecular weight is 1850 g/mol. The number of fused-ring (bicyclic) bond motifs is 8. The Labute approximate surface area is 749 Å². The van der Waals surface area contributed by atoms with Gasteiger partial charge in [0.05, 0.1) is 120 Å². The highest BCUT2D eigenvalue weighted by Crippen LogP contribution is 2.38. The molecule has 3 fully saturated rings. The van der Waals surface area contributed by atoms with Crippen molar-refractivity contribution in [3.05, 3.63) is 210 Å². The number of benzene rings is 4. The predicted molar refractivity (Wildman–Crippen MR) is 489 cm³/mol. The first-order valence-electron chi connectivity index (χ1n) is 39.1. The highest BCUT2D eigenvalue weighted by atomic mass is 35.5. The summed E-state index contributed by atoms with van der Waals surface area (Å²) in [6.07, 6.45) is 5.96. The van der Waals surface area contributed by atoms with Crippen molar-refractivity contribution in [3.8, 4) is 0 Å². The Bertz CT molecular complexity index is 6980. The van der Waals surface area contributed by atoms with Gasteiger partial charge in [0.1, 0.15) is 89.5 Å². The van der Waals surface area contributed by atoms with Crippen molar-refractivity contribution < 1.29 is 37.1 Å². The van der Waals surface area contributed by atoms with Crippen molar-refractivity contribution in [1.82, 2.24) is 105 Å². The number of morpholine rings is 1. The van der Waals surface area contributed by atoms with E-state index in [2.05, 4.69) is 96.4 Å². The maximum Gasteiger partial charge on any atom is 0.273 e. The number of hydrogen-bond donors (Lipinski definition) is 5. The molecule has 638 valence electrons. The summed E-state index contributed by atoms with van der Waals surface area (Å²) in [5.74, 6) is 1.14. The summed E-state index contributed by atoms with van der Waals surface area (Å²) in [5.41, 5.74) is 13.5. The minimum atomic E-state index is -3.12. The van der Waals surface area contributed by atoms with Crippen LogP contribution in [0.4, 0.5) is 23.3 Å². The van der Waals surface area contributed by atoms with Crippen molar-refractivity contribution in [3.63, 3.8) is 0 Å². The van der Waals surface area contributed by atoms with Gasteiger partial charge in [0.2, 0.25) is 5.91 Å². The van der Waals surface area contributed by atoms with Gasteiger partial charge in [-0.25, -0.2) is 88.2 Å². The van der Waals surface area contributed by atoms with Gasteiger partial charge in [-0.05, 0) is 105 Å². The molecule has 3 aliphatic rings. The monoisotopic (exact) mass is 1850 g/mol. The highest BCUT2D eigenvalue weighted by Gasteiger charge is 2.33. The van der Waals surface area contributed by atoms with E-state index >= 15 is 0 Å². The summed E-state index contributed by atoms with van der Waals surface area (Å²) in [5, 5.41) is 23.7. The number of thiazole rings is 4. The predicted octanol–water partition coefficient (Wildman–Crippen LogP) is 14.8. The lowest BCUT2D eigenvalue weighted by atomic mass is 10.0. The van der Waals surface area contributed by atoms with E-state index in [1.807, 2.05) is 107 Å². The van der Waals surface area contributed by atoms with Crippen LogP contribution in [0, 0.1) is 0 Å². The van der Waals surface area contributed by atoms with Crippen LogP contribution in [-0.4, -0.2) is 221 Å². The Balaban J connectivity index is 0.000000123. The third-order valence-electron chi connectivity index (χ3n) is 20.7. The zero-order valence-electron chi connectivity index (χ0n) is 67.6. The van der Waals surface area contributed by atoms with Crippen LogP contribution in [0.5, 0.6) is 0 Å². The molecule has 4 aromatic carbocycles. The fraction of sp³-hybridized carbons (Fsp3) is 0.265. The second-order valence-electron chi connectivity index (χ2n) is 29.5. The van der Waals surface area contributed by atoms with E-state index in [1.165, 1.54) is 85.4 Å². The summed E-state index contributed by atoms with van der Waals surface area (Å²) in [7, 11) is 0.272. The average Bonchev–Trinajstić information content (AvgIpc) is 1.37. The lowest BCUT2D eigenvalue weighted by molar-refractivity contribution is -0.123. The number of rotatable bonds is 16. The van der Waals surface area contributed by atoms with Gasteiger partial charge in [0, 0.05) is 74.9 Å². The summed E-state index contributed by atoms with van der Waals surface area (Å²) in [6.45, 7) is 12.4. The first kappa shape index (κ1) is 86.5. The molecular formula is C83H75Cl4N25O8S5. The van der Waals surface area contributed by atoms with Gasteiger partial charge < -0.3 is 50.9 Å². The third-order valence-corrected chi connectivity index (χ3v) is 26.5. The molecule has 1 unspecified atom stereocenters. The summed E-state index contributed by atoms with van der Waals surface area (Å²) >= 11 is 31.6. The normalized spacial score (nSPS) is 15.5. The standard InChI is InChI=1S/C22H21ClN6O2S.C21H18ClN7O2S.C21H19ClN6O3S2.C19H17ClN6OS/c1-12-9-29(6-7-31-12)22(30)18-17-14(4-3-5-15(17)23)8-16(28-18)13(2)27-20-19-21(25-10-24-20)32-11-26-19;1-11(27-19-18-20(25-9-24-19)32-10-26-18)14-7-12-3-2-4-13(22)16(12)17(28-14)21(31)29-6-5-23-15(30)8-29;1-12(26-19-18-20(24-10-23-19)32-11-25-18)15-9-13-3-2-4-14(22)16(13)17(27-15)21(29)28-5-7-33(30,31)8-6-28;1-10(24-17-16-18(22-8-21-17)28-9-23-16)13-7-11-5-4-6-12(20)14(11)15(25-13)19(27)26(2)3/h3-5,8,10-13H,6-7,9H2,1-2H3,(H,24,25,27);2-4,7,9-11H,5-6,8H2,1H3,(H,23,30)(H,24,25,27);2-4,9-12H,5-8H2,1H3,(H,23,24,26);4-10H,1-3H3,(H,21,22,24)/t12?,13-;11-;12-;10-/m0000/s1. The number of hydrogen-bond acceptors (Lipinski definition) is 32. The lowest BCUT2D eigenvalue weighted by Gasteiger charge is -2.31. The minimum absolute atomic E-state index is 0.00671. The Morgan fingerprint density at radius 1 is 0.456 bits per heavy atom. The zero-order valence-corrected chi connectivity index (χ0v) is 74.7. The molecule has 3 aliphatic heterocycles. The highest BCUT2D eigenvalue weighted by molar-refractivity contribution is 7.91. The fourth-order valence-corrected chi connectivity index (χ4v) is 19.2. The Morgan fingerprint density at radius 2 is 0.784 bits per heavy atom. The van der Waals surface area contributed by atoms with Gasteiger partial charge in [-0.2, -0.15) is 0 Å². The number of sulfone groups is 1. The maximum atomic E-state index is 13.5. The van der Waals surface area contributed by atoms with Crippen LogP contribution in [0.25, 0.3) is 84.5 Å². The van der Waals surface area contributed by atoms with E-state index in [4.69, 9.17) is 61.1 Å². The topological polar surface area (TPSA) is 408 Å². The number of piperazine rings is 1. The quantitative estimate of drug-likeness (QED) is 0.0600. The van der Waals surface area contributed by atoms with Gasteiger partial charge in [-0.3, -0.25) is 24.0 Å². The first-order chi connectivity index (χ1) is 60.3. The second-order valence-corrected chi connectivity index (χ2v) is 36.7. The van der Waals surface area contributed by atoms with Gasteiger partial charge in [-0.15, -0.1) is 45.3 Å². The van der Waals surface area contributed by atoms with E-state index < -0.39 is 9.84 Å². The molecule has 0 saturated carbocycles. The molecule has 125 heavy (non-hydrogen) atoms. The summed E-state index contributed by atoms with van der Waals surface area (Å²) in [4.78, 5) is 145. The largest absolute Gasteiger partial charge is 0.375 e. The molecular weight excluding hydrogens is 1780 g/mol. The molecule has 19 rings (SSSR count). The molecule has 0 aliphatic carbocycles. The van der Waals surface area contributed by atoms with Crippen molar-refractivity contribution in [2.24, 2.45) is 0 Å². The SMILES string of the molecule is CC1CN(C(=O)c2nc([C@H](C)Nc3ncnc4scnc34)cc3cccc(Cl)c23)CCO1.C[C@H](Nc1ncnc2scnc12)c1cc2cccc(Cl)c2c(C(=O)N(C)C)n1.C[C@H](Nc1ncnc2scnc12)c1cc2cccc(Cl)c2c(C(=O)N2CCNC(=O)C2)n1.C[C@H](Nc1ncnc2scnc12)c1cc2cccc(Cl)c2c(C(=O)N2CCS(=O)(=O)CC2)n1. The van der Waals surface area contributed by atoms with Crippen molar-refractivity contribution in [2.45, 2.75) is 64.9 Å². The van der Waals surface area contributed by atoms with E-state index in [1.54, 1.807) is 65.3 Å². The van der Waals surface area contributed by atoms with E-state index in [-0.39, 0.29) is 102 Å². The number of anilines is 4. The molecule has 12 aromatic heterocycles. The number of carbonyl (C=O) groups excluding carboxylic acids is 5. The number of nitrogens with zero attached hydrogens (tertiary/aromatic N) is 20. The van der Waals surface area contributed by atoms with Crippen LogP contribution in [0.1, 0.15) is 124 Å².